The summed E-state index contributed by atoms with van der Waals surface area (Å²) in [5, 5.41) is 5.36. The van der Waals surface area contributed by atoms with Crippen LogP contribution in [0.4, 0.5) is 11.4 Å². The summed E-state index contributed by atoms with van der Waals surface area (Å²) in [6, 6.07) is 4.41. The van der Waals surface area contributed by atoms with Crippen molar-refractivity contribution in [3.63, 3.8) is 0 Å². The first-order valence-electron chi connectivity index (χ1n) is 6.37. The minimum Gasteiger partial charge on any atom is -0.495 e. The van der Waals surface area contributed by atoms with Crippen LogP contribution in [0.25, 0.3) is 0 Å². The summed E-state index contributed by atoms with van der Waals surface area (Å²) in [6.07, 6.45) is 0. The lowest BCUT2D eigenvalue weighted by Gasteiger charge is -2.16. The number of hydrogen-bond acceptors (Lipinski definition) is 4. The molecule has 0 radical (unpaired) electrons. The van der Waals surface area contributed by atoms with Crippen molar-refractivity contribution in [3.8, 4) is 5.75 Å². The molecule has 4 N–H and O–H groups in total. The third-order valence-electron chi connectivity index (χ3n) is 2.80. The molecule has 0 heterocycles. The Morgan fingerprint density at radius 2 is 1.86 bits per heavy atom. The predicted octanol–water partition coefficient (Wildman–Crippen LogP) is 2.00. The molecule has 1 aromatic carbocycles. The molecule has 2 amide bonds. The topological polar surface area (TPSA) is 93.4 Å². The van der Waals surface area contributed by atoms with Gasteiger partial charge in [-0.1, -0.05) is 13.8 Å². The minimum absolute atomic E-state index is 0. The standard InChI is InChI=1S/C14H21N3O3.ClH/c1-8(2)13(15)14(19)17-10-5-6-12(20-4)11(7-10)16-9(3)18;/h5-8,13H,15H2,1-4H3,(H,16,18)(H,17,19);1H/t13-;/m0./s1. The summed E-state index contributed by atoms with van der Waals surface area (Å²) in [5.41, 5.74) is 6.82. The van der Waals surface area contributed by atoms with Crippen LogP contribution in [0.1, 0.15) is 20.8 Å². The first-order chi connectivity index (χ1) is 9.35. The van der Waals surface area contributed by atoms with E-state index in [1.54, 1.807) is 18.2 Å². The Bertz CT molecular complexity index is 506. The maximum atomic E-state index is 11.9. The van der Waals surface area contributed by atoms with Crippen LogP contribution in [-0.2, 0) is 9.59 Å². The van der Waals surface area contributed by atoms with Gasteiger partial charge in [0, 0.05) is 12.6 Å². The van der Waals surface area contributed by atoms with Crippen LogP contribution in [0.3, 0.4) is 0 Å². The number of carbonyl (C=O) groups is 2. The maximum Gasteiger partial charge on any atom is 0.241 e. The number of nitrogens with one attached hydrogen (secondary N) is 2. The lowest BCUT2D eigenvalue weighted by Crippen LogP contribution is -2.39. The smallest absolute Gasteiger partial charge is 0.241 e. The van der Waals surface area contributed by atoms with Gasteiger partial charge in [0.2, 0.25) is 11.8 Å². The first-order valence-corrected chi connectivity index (χ1v) is 6.37. The monoisotopic (exact) mass is 315 g/mol. The molecule has 6 nitrogen and oxygen atoms in total. The average Bonchev–Trinajstić information content (AvgIpc) is 2.37. The molecule has 0 spiro atoms. The predicted molar refractivity (Wildman–Crippen MR) is 86.0 cm³/mol. The summed E-state index contributed by atoms with van der Waals surface area (Å²) in [7, 11) is 1.51. The van der Waals surface area contributed by atoms with Crippen LogP contribution in [0.2, 0.25) is 0 Å². The van der Waals surface area contributed by atoms with Crippen molar-refractivity contribution in [2.45, 2.75) is 26.8 Å². The molecule has 0 aliphatic heterocycles. The zero-order valence-electron chi connectivity index (χ0n) is 12.6. The molecular formula is C14H22ClN3O3. The average molecular weight is 316 g/mol. The number of benzene rings is 1. The zero-order chi connectivity index (χ0) is 15.3. The number of methoxy groups -OCH3 is 1. The molecule has 0 saturated carbocycles. The highest BCUT2D eigenvalue weighted by atomic mass is 35.5. The molecule has 0 saturated heterocycles. The van der Waals surface area contributed by atoms with Gasteiger partial charge in [-0.25, -0.2) is 0 Å². The Morgan fingerprint density at radius 3 is 2.33 bits per heavy atom. The van der Waals surface area contributed by atoms with Crippen LogP contribution < -0.4 is 21.1 Å². The van der Waals surface area contributed by atoms with E-state index in [0.29, 0.717) is 17.1 Å². The molecule has 21 heavy (non-hydrogen) atoms. The molecule has 118 valence electrons. The van der Waals surface area contributed by atoms with Crippen molar-refractivity contribution < 1.29 is 14.3 Å². The number of anilines is 2. The highest BCUT2D eigenvalue weighted by Gasteiger charge is 2.17. The summed E-state index contributed by atoms with van der Waals surface area (Å²) >= 11 is 0. The third-order valence-corrected chi connectivity index (χ3v) is 2.80. The normalized spacial score (nSPS) is 11.3. The van der Waals surface area contributed by atoms with Gasteiger partial charge >= 0.3 is 0 Å². The number of carbonyl (C=O) groups excluding carboxylic acids is 2. The van der Waals surface area contributed by atoms with Crippen molar-refractivity contribution in [3.05, 3.63) is 18.2 Å². The zero-order valence-corrected chi connectivity index (χ0v) is 13.4. The van der Waals surface area contributed by atoms with E-state index < -0.39 is 6.04 Å². The Morgan fingerprint density at radius 1 is 1.24 bits per heavy atom. The minimum atomic E-state index is -0.582. The van der Waals surface area contributed by atoms with E-state index in [0.717, 1.165) is 0 Å². The number of rotatable bonds is 5. The SMILES string of the molecule is COc1ccc(NC(=O)[C@@H](N)C(C)C)cc1NC(C)=O.Cl. The largest absolute Gasteiger partial charge is 0.495 e. The van der Waals surface area contributed by atoms with Crippen LogP contribution in [-0.4, -0.2) is 25.0 Å². The summed E-state index contributed by atoms with van der Waals surface area (Å²) in [4.78, 5) is 23.0. The van der Waals surface area contributed by atoms with Crippen molar-refractivity contribution in [1.82, 2.24) is 0 Å². The quantitative estimate of drug-likeness (QED) is 0.774. The second-order valence-corrected chi connectivity index (χ2v) is 4.86. The van der Waals surface area contributed by atoms with Crippen molar-refractivity contribution in [2.24, 2.45) is 11.7 Å². The molecule has 0 bridgehead atoms. The van der Waals surface area contributed by atoms with Gasteiger partial charge in [0.25, 0.3) is 0 Å². The van der Waals surface area contributed by atoms with Gasteiger partial charge in [0.1, 0.15) is 5.75 Å². The van der Waals surface area contributed by atoms with Gasteiger partial charge in [-0.05, 0) is 24.1 Å². The molecule has 1 aromatic rings. The summed E-state index contributed by atoms with van der Waals surface area (Å²) in [5.74, 6) is 0.0824. The van der Waals surface area contributed by atoms with Gasteiger partial charge < -0.3 is 21.1 Å². The number of nitrogens with two attached hydrogens (primary N) is 1. The van der Waals surface area contributed by atoms with Gasteiger partial charge in [0.15, 0.2) is 0 Å². The van der Waals surface area contributed by atoms with Gasteiger partial charge in [0.05, 0.1) is 18.8 Å². The van der Waals surface area contributed by atoms with Crippen molar-refractivity contribution in [2.75, 3.05) is 17.7 Å². The van der Waals surface area contributed by atoms with Gasteiger partial charge in [-0.3, -0.25) is 9.59 Å². The molecule has 7 heteroatoms. The summed E-state index contributed by atoms with van der Waals surface area (Å²) < 4.78 is 5.14. The molecule has 1 atom stereocenters. The van der Waals surface area contributed by atoms with E-state index in [-0.39, 0.29) is 30.1 Å². The second-order valence-electron chi connectivity index (χ2n) is 4.86. The Kier molecular flexibility index (Phi) is 7.76. The lowest BCUT2D eigenvalue weighted by atomic mass is 10.0. The Balaban J connectivity index is 0.00000400. The lowest BCUT2D eigenvalue weighted by molar-refractivity contribution is -0.118. The van der Waals surface area contributed by atoms with E-state index in [4.69, 9.17) is 10.5 Å². The number of halogens is 1. The highest BCUT2D eigenvalue weighted by Crippen LogP contribution is 2.27. The second kappa shape index (κ2) is 8.49. The van der Waals surface area contributed by atoms with Crippen molar-refractivity contribution in [1.29, 1.82) is 0 Å². The highest BCUT2D eigenvalue weighted by molar-refractivity contribution is 5.97. The molecular weight excluding hydrogens is 294 g/mol. The van der Waals surface area contributed by atoms with Crippen LogP contribution >= 0.6 is 12.4 Å². The molecule has 0 fully saturated rings. The number of amides is 2. The van der Waals surface area contributed by atoms with Crippen LogP contribution in [0.5, 0.6) is 5.75 Å². The third kappa shape index (κ3) is 5.61. The van der Waals surface area contributed by atoms with E-state index in [1.165, 1.54) is 14.0 Å². The molecule has 0 aliphatic carbocycles. The fourth-order valence-electron chi connectivity index (χ4n) is 1.60. The maximum absolute atomic E-state index is 11.9. The van der Waals surface area contributed by atoms with Crippen LogP contribution in [0, 0.1) is 5.92 Å². The van der Waals surface area contributed by atoms with Gasteiger partial charge in [-0.15, -0.1) is 12.4 Å². The molecule has 0 aliphatic rings. The Labute approximate surface area is 130 Å². The fourth-order valence-corrected chi connectivity index (χ4v) is 1.60. The van der Waals surface area contributed by atoms with Gasteiger partial charge in [-0.2, -0.15) is 0 Å². The Hall–Kier alpha value is -1.79. The van der Waals surface area contributed by atoms with Crippen LogP contribution in [0.15, 0.2) is 18.2 Å². The molecule has 0 aromatic heterocycles. The van der Waals surface area contributed by atoms with E-state index in [9.17, 15) is 9.59 Å². The summed E-state index contributed by atoms with van der Waals surface area (Å²) in [6.45, 7) is 5.15. The van der Waals surface area contributed by atoms with E-state index >= 15 is 0 Å². The number of ether oxygens (including phenoxy) is 1. The first kappa shape index (κ1) is 19.2. The van der Waals surface area contributed by atoms with Crippen molar-refractivity contribution >= 4 is 35.6 Å². The fraction of sp³-hybridized carbons (Fsp3) is 0.429. The number of hydrogen-bond donors (Lipinski definition) is 3. The molecule has 0 unspecified atom stereocenters. The van der Waals surface area contributed by atoms with E-state index in [1.807, 2.05) is 13.8 Å². The molecule has 1 rings (SSSR count). The van der Waals surface area contributed by atoms with E-state index in [2.05, 4.69) is 10.6 Å².